The number of aliphatic hydroxyl groups excluding tert-OH is 1. The molecule has 0 saturated carbocycles. The van der Waals surface area contributed by atoms with Gasteiger partial charge in [-0.15, -0.1) is 0 Å². The summed E-state index contributed by atoms with van der Waals surface area (Å²) in [5.41, 5.74) is 0.955. The molecule has 1 saturated heterocycles. The Balaban J connectivity index is 1.97. The minimum absolute atomic E-state index is 0.00101. The molecular weight excluding hydrogens is 413 g/mol. The largest absolute Gasteiger partial charge is 0.507 e. The fraction of sp³-hybridized carbons (Fsp3) is 0.0800. The van der Waals surface area contributed by atoms with Crippen molar-refractivity contribution in [1.82, 2.24) is 0 Å². The van der Waals surface area contributed by atoms with Crippen LogP contribution in [0.15, 0.2) is 78.4 Å². The highest BCUT2D eigenvalue weighted by Gasteiger charge is 2.47. The van der Waals surface area contributed by atoms with E-state index in [1.807, 2.05) is 6.92 Å². The number of benzene rings is 3. The van der Waals surface area contributed by atoms with Gasteiger partial charge in [-0.25, -0.2) is 9.18 Å². The van der Waals surface area contributed by atoms with Crippen molar-refractivity contribution in [3.05, 3.63) is 106 Å². The molecule has 1 aliphatic rings. The number of aliphatic hydroxyl groups is 1. The Morgan fingerprint density at radius 3 is 2.25 bits per heavy atom. The number of aromatic carboxylic acids is 1. The highest BCUT2D eigenvalue weighted by atomic mass is 19.1. The third kappa shape index (κ3) is 3.54. The van der Waals surface area contributed by atoms with Crippen molar-refractivity contribution in [2.45, 2.75) is 13.0 Å². The summed E-state index contributed by atoms with van der Waals surface area (Å²) in [5.74, 6) is -4.31. The lowest BCUT2D eigenvalue weighted by atomic mass is 9.94. The molecule has 4 rings (SSSR count). The smallest absolute Gasteiger partial charge is 0.335 e. The summed E-state index contributed by atoms with van der Waals surface area (Å²) in [6.07, 6.45) is 0. The molecule has 0 aromatic heterocycles. The van der Waals surface area contributed by atoms with Crippen molar-refractivity contribution >= 4 is 29.1 Å². The van der Waals surface area contributed by atoms with E-state index in [0.29, 0.717) is 5.56 Å². The van der Waals surface area contributed by atoms with Crippen LogP contribution in [-0.4, -0.2) is 27.9 Å². The zero-order valence-corrected chi connectivity index (χ0v) is 16.9. The highest BCUT2D eigenvalue weighted by Crippen LogP contribution is 2.43. The van der Waals surface area contributed by atoms with Gasteiger partial charge in [-0.05, 0) is 31.2 Å². The van der Waals surface area contributed by atoms with Crippen LogP contribution in [0.1, 0.15) is 33.1 Å². The van der Waals surface area contributed by atoms with Crippen molar-refractivity contribution in [3.63, 3.8) is 0 Å². The number of carboxylic acids is 1. The molecule has 0 bridgehead atoms. The number of anilines is 1. The molecule has 2 N–H and O–H groups in total. The van der Waals surface area contributed by atoms with Crippen LogP contribution in [-0.2, 0) is 9.59 Å². The van der Waals surface area contributed by atoms with E-state index in [9.17, 15) is 29.0 Å². The first kappa shape index (κ1) is 21.0. The standard InChI is InChI=1S/C25H18FNO5/c1-14-9-11-15(12-10-14)22(28)20-21(18-7-2-3-8-19(18)26)27(24(30)23(20)29)17-6-4-5-16(13-17)25(31)32/h2-13,21,28H,1H3,(H,31,32)/t21-/m0/s1. The highest BCUT2D eigenvalue weighted by molar-refractivity contribution is 6.51. The Morgan fingerprint density at radius 1 is 0.906 bits per heavy atom. The zero-order valence-electron chi connectivity index (χ0n) is 16.9. The lowest BCUT2D eigenvalue weighted by Gasteiger charge is -2.26. The molecule has 32 heavy (non-hydrogen) atoms. The van der Waals surface area contributed by atoms with Gasteiger partial charge in [0.1, 0.15) is 11.6 Å². The quantitative estimate of drug-likeness (QED) is 0.361. The van der Waals surface area contributed by atoms with E-state index in [4.69, 9.17) is 0 Å². The van der Waals surface area contributed by atoms with E-state index in [2.05, 4.69) is 0 Å². The summed E-state index contributed by atoms with van der Waals surface area (Å²) in [7, 11) is 0. The number of rotatable bonds is 4. The number of hydrogen-bond donors (Lipinski definition) is 2. The lowest BCUT2D eigenvalue weighted by molar-refractivity contribution is -0.132. The first-order chi connectivity index (χ1) is 15.3. The van der Waals surface area contributed by atoms with Gasteiger partial charge in [0.2, 0.25) is 0 Å². The van der Waals surface area contributed by atoms with Gasteiger partial charge < -0.3 is 10.2 Å². The predicted molar refractivity (Wildman–Crippen MR) is 116 cm³/mol. The van der Waals surface area contributed by atoms with Crippen LogP contribution in [0, 0.1) is 12.7 Å². The Labute approximate surface area is 182 Å². The molecule has 0 spiro atoms. The molecule has 0 radical (unpaired) electrons. The molecular formula is C25H18FNO5. The van der Waals surface area contributed by atoms with E-state index < -0.39 is 35.3 Å². The average molecular weight is 431 g/mol. The van der Waals surface area contributed by atoms with E-state index in [0.717, 1.165) is 10.5 Å². The third-order valence-electron chi connectivity index (χ3n) is 5.34. The number of carbonyl (C=O) groups excluding carboxylic acids is 2. The van der Waals surface area contributed by atoms with Gasteiger partial charge in [0.15, 0.2) is 0 Å². The van der Waals surface area contributed by atoms with Crippen molar-refractivity contribution in [2.24, 2.45) is 0 Å². The molecule has 0 aliphatic carbocycles. The summed E-state index contributed by atoms with van der Waals surface area (Å²) in [6.45, 7) is 1.86. The van der Waals surface area contributed by atoms with Gasteiger partial charge in [0.25, 0.3) is 11.7 Å². The second kappa shape index (κ2) is 8.11. The number of aryl methyl sites for hydroxylation is 1. The summed E-state index contributed by atoms with van der Waals surface area (Å²) in [4.78, 5) is 38.5. The molecule has 3 aromatic rings. The van der Waals surface area contributed by atoms with Crippen LogP contribution in [0.25, 0.3) is 5.76 Å². The first-order valence-corrected chi connectivity index (χ1v) is 9.75. The number of amides is 1. The van der Waals surface area contributed by atoms with Gasteiger partial charge in [-0.2, -0.15) is 0 Å². The van der Waals surface area contributed by atoms with Crippen LogP contribution in [0.3, 0.4) is 0 Å². The maximum absolute atomic E-state index is 14.8. The van der Waals surface area contributed by atoms with Crippen LogP contribution >= 0.6 is 0 Å². The molecule has 1 fully saturated rings. The molecule has 1 amide bonds. The number of nitrogens with zero attached hydrogens (tertiary/aromatic N) is 1. The number of carbonyl (C=O) groups is 3. The van der Waals surface area contributed by atoms with Crippen LogP contribution in [0.5, 0.6) is 0 Å². The van der Waals surface area contributed by atoms with Crippen molar-refractivity contribution < 1.29 is 29.0 Å². The minimum atomic E-state index is -1.28. The van der Waals surface area contributed by atoms with Gasteiger partial charge >= 0.3 is 5.97 Å². The molecule has 1 aliphatic heterocycles. The molecule has 0 unspecified atom stereocenters. The number of carboxylic acid groups (broad SMARTS) is 1. The van der Waals surface area contributed by atoms with Crippen LogP contribution in [0.4, 0.5) is 10.1 Å². The Bertz CT molecular complexity index is 1280. The van der Waals surface area contributed by atoms with Gasteiger partial charge in [0.05, 0.1) is 17.2 Å². The Morgan fingerprint density at radius 2 is 1.59 bits per heavy atom. The fourth-order valence-corrected chi connectivity index (χ4v) is 3.75. The first-order valence-electron chi connectivity index (χ1n) is 9.75. The third-order valence-corrected chi connectivity index (χ3v) is 5.34. The number of halogens is 1. The number of ketones is 1. The van der Waals surface area contributed by atoms with Gasteiger partial charge in [0, 0.05) is 16.8 Å². The Kier molecular flexibility index (Phi) is 5.32. The average Bonchev–Trinajstić information content (AvgIpc) is 3.04. The van der Waals surface area contributed by atoms with Gasteiger partial charge in [-0.1, -0.05) is 54.1 Å². The maximum atomic E-state index is 14.8. The number of hydrogen-bond acceptors (Lipinski definition) is 4. The van der Waals surface area contributed by atoms with Crippen molar-refractivity contribution in [2.75, 3.05) is 4.90 Å². The maximum Gasteiger partial charge on any atom is 0.335 e. The number of Topliss-reactive ketones (excluding diaryl/α,β-unsaturated/α-hetero) is 1. The monoisotopic (exact) mass is 431 g/mol. The van der Waals surface area contributed by atoms with Crippen molar-refractivity contribution in [1.29, 1.82) is 0 Å². The van der Waals surface area contributed by atoms with E-state index in [1.54, 1.807) is 30.3 Å². The Hall–Kier alpha value is -4.26. The molecule has 1 heterocycles. The minimum Gasteiger partial charge on any atom is -0.507 e. The second-order valence-electron chi connectivity index (χ2n) is 7.41. The summed E-state index contributed by atoms with van der Waals surface area (Å²) in [5, 5.41) is 20.3. The topological polar surface area (TPSA) is 94.9 Å². The summed E-state index contributed by atoms with van der Waals surface area (Å²) in [6, 6.07) is 16.5. The normalized spacial score (nSPS) is 17.6. The van der Waals surface area contributed by atoms with Crippen molar-refractivity contribution in [3.8, 4) is 0 Å². The van der Waals surface area contributed by atoms with Gasteiger partial charge in [-0.3, -0.25) is 14.5 Å². The second-order valence-corrected chi connectivity index (χ2v) is 7.41. The SMILES string of the molecule is Cc1ccc(C(O)=C2C(=O)C(=O)N(c3cccc(C(=O)O)c3)[C@H]2c2ccccc2F)cc1. The molecule has 7 heteroatoms. The lowest BCUT2D eigenvalue weighted by Crippen LogP contribution is -2.30. The zero-order chi connectivity index (χ0) is 23.0. The molecule has 1 atom stereocenters. The van der Waals surface area contributed by atoms with E-state index >= 15 is 0 Å². The molecule has 6 nitrogen and oxygen atoms in total. The van der Waals surface area contributed by atoms with Crippen LogP contribution < -0.4 is 4.90 Å². The molecule has 160 valence electrons. The molecule has 3 aromatic carbocycles. The summed E-state index contributed by atoms with van der Waals surface area (Å²) >= 11 is 0. The van der Waals surface area contributed by atoms with E-state index in [1.165, 1.54) is 42.5 Å². The predicted octanol–water partition coefficient (Wildman–Crippen LogP) is 4.46. The fourth-order valence-electron chi connectivity index (χ4n) is 3.75. The van der Waals surface area contributed by atoms with Crippen LogP contribution in [0.2, 0.25) is 0 Å². The summed E-state index contributed by atoms with van der Waals surface area (Å²) < 4.78 is 14.8. The van der Waals surface area contributed by atoms with E-state index in [-0.39, 0.29) is 22.4 Å².